The van der Waals surface area contributed by atoms with Crippen molar-refractivity contribution in [1.29, 1.82) is 0 Å². The standard InChI is InChI=1S/C14H11ClF3N3OS/c15-10-3-1-9(2-4-10)7-20-12(22)8-23-13-19-6-5-11(21-13)14(16,17)18/h1-6H,7-8H2,(H,20,22). The first-order chi connectivity index (χ1) is 10.8. The van der Waals surface area contributed by atoms with Crippen molar-refractivity contribution in [2.24, 2.45) is 0 Å². The highest BCUT2D eigenvalue weighted by Crippen LogP contribution is 2.28. The zero-order valence-electron chi connectivity index (χ0n) is 11.6. The summed E-state index contributed by atoms with van der Waals surface area (Å²) < 4.78 is 37.5. The van der Waals surface area contributed by atoms with E-state index in [0.29, 0.717) is 11.6 Å². The molecule has 23 heavy (non-hydrogen) atoms. The molecule has 122 valence electrons. The molecule has 4 nitrogen and oxygen atoms in total. The molecule has 1 heterocycles. The number of benzene rings is 1. The van der Waals surface area contributed by atoms with E-state index in [-0.39, 0.29) is 16.8 Å². The molecule has 0 aliphatic carbocycles. The minimum atomic E-state index is -4.53. The molecule has 1 N–H and O–H groups in total. The van der Waals surface area contributed by atoms with E-state index >= 15 is 0 Å². The van der Waals surface area contributed by atoms with Gasteiger partial charge in [-0.25, -0.2) is 9.97 Å². The normalized spacial score (nSPS) is 11.3. The number of thioether (sulfide) groups is 1. The highest BCUT2D eigenvalue weighted by Gasteiger charge is 2.32. The lowest BCUT2D eigenvalue weighted by molar-refractivity contribution is -0.141. The van der Waals surface area contributed by atoms with Crippen molar-refractivity contribution in [2.45, 2.75) is 17.9 Å². The van der Waals surface area contributed by atoms with Gasteiger partial charge in [-0.05, 0) is 23.8 Å². The predicted octanol–water partition coefficient (Wildman–Crippen LogP) is 3.56. The summed E-state index contributed by atoms with van der Waals surface area (Å²) in [5.74, 6) is -0.402. The van der Waals surface area contributed by atoms with E-state index in [1.54, 1.807) is 24.3 Å². The first-order valence-electron chi connectivity index (χ1n) is 6.39. The minimum absolute atomic E-state index is 0.0745. The van der Waals surface area contributed by atoms with Gasteiger partial charge >= 0.3 is 6.18 Å². The predicted molar refractivity (Wildman–Crippen MR) is 81.1 cm³/mol. The minimum Gasteiger partial charge on any atom is -0.351 e. The van der Waals surface area contributed by atoms with Crippen LogP contribution in [0.4, 0.5) is 13.2 Å². The summed E-state index contributed by atoms with van der Waals surface area (Å²) in [5, 5.41) is 3.15. The summed E-state index contributed by atoms with van der Waals surface area (Å²) in [7, 11) is 0. The van der Waals surface area contributed by atoms with Gasteiger partial charge in [0.1, 0.15) is 5.69 Å². The molecule has 9 heteroatoms. The van der Waals surface area contributed by atoms with E-state index in [0.717, 1.165) is 29.6 Å². The Morgan fingerprint density at radius 1 is 1.22 bits per heavy atom. The van der Waals surface area contributed by atoms with Crippen LogP contribution in [0.2, 0.25) is 5.02 Å². The zero-order chi connectivity index (χ0) is 16.9. The van der Waals surface area contributed by atoms with Gasteiger partial charge in [0, 0.05) is 17.8 Å². The number of hydrogen-bond acceptors (Lipinski definition) is 4. The maximum absolute atomic E-state index is 12.5. The topological polar surface area (TPSA) is 54.9 Å². The molecule has 2 aromatic rings. The smallest absolute Gasteiger partial charge is 0.351 e. The largest absolute Gasteiger partial charge is 0.433 e. The average Bonchev–Trinajstić information content (AvgIpc) is 2.52. The lowest BCUT2D eigenvalue weighted by atomic mass is 10.2. The molecular formula is C14H11ClF3N3OS. The fraction of sp³-hybridized carbons (Fsp3) is 0.214. The molecule has 0 atom stereocenters. The highest BCUT2D eigenvalue weighted by molar-refractivity contribution is 7.99. The Kier molecular flexibility index (Phi) is 5.84. The van der Waals surface area contributed by atoms with E-state index in [1.165, 1.54) is 0 Å². The van der Waals surface area contributed by atoms with Crippen LogP contribution >= 0.6 is 23.4 Å². The summed E-state index contributed by atoms with van der Waals surface area (Å²) in [6, 6.07) is 7.73. The number of rotatable bonds is 5. The van der Waals surface area contributed by atoms with Crippen molar-refractivity contribution in [3.8, 4) is 0 Å². The van der Waals surface area contributed by atoms with Gasteiger partial charge < -0.3 is 5.32 Å². The summed E-state index contributed by atoms with van der Waals surface area (Å²) in [5.41, 5.74) is -0.167. The maximum Gasteiger partial charge on any atom is 0.433 e. The molecular weight excluding hydrogens is 351 g/mol. The molecule has 0 bridgehead atoms. The number of carbonyl (C=O) groups is 1. The van der Waals surface area contributed by atoms with Gasteiger partial charge in [0.2, 0.25) is 5.91 Å². The van der Waals surface area contributed by atoms with Gasteiger partial charge in [-0.3, -0.25) is 4.79 Å². The van der Waals surface area contributed by atoms with Crippen molar-refractivity contribution in [2.75, 3.05) is 5.75 Å². The van der Waals surface area contributed by atoms with Crippen LogP contribution in [0.15, 0.2) is 41.7 Å². The van der Waals surface area contributed by atoms with Crippen LogP contribution in [0.1, 0.15) is 11.3 Å². The number of amides is 1. The van der Waals surface area contributed by atoms with Crippen molar-refractivity contribution in [3.63, 3.8) is 0 Å². The van der Waals surface area contributed by atoms with E-state index in [9.17, 15) is 18.0 Å². The Morgan fingerprint density at radius 3 is 2.57 bits per heavy atom. The van der Waals surface area contributed by atoms with E-state index < -0.39 is 11.9 Å². The van der Waals surface area contributed by atoms with Gasteiger partial charge in [-0.1, -0.05) is 35.5 Å². The van der Waals surface area contributed by atoms with Crippen LogP contribution in [0.5, 0.6) is 0 Å². The number of alkyl halides is 3. The molecule has 0 saturated heterocycles. The molecule has 0 aliphatic rings. The first kappa shape index (κ1) is 17.6. The second-order valence-corrected chi connectivity index (χ2v) is 5.79. The van der Waals surface area contributed by atoms with Crippen molar-refractivity contribution < 1.29 is 18.0 Å². The van der Waals surface area contributed by atoms with Gasteiger partial charge in [0.25, 0.3) is 0 Å². The highest BCUT2D eigenvalue weighted by atomic mass is 35.5. The fourth-order valence-corrected chi connectivity index (χ4v) is 2.34. The maximum atomic E-state index is 12.5. The molecule has 0 aliphatic heterocycles. The van der Waals surface area contributed by atoms with Crippen molar-refractivity contribution >= 4 is 29.3 Å². The Morgan fingerprint density at radius 2 is 1.91 bits per heavy atom. The molecule has 0 spiro atoms. The monoisotopic (exact) mass is 361 g/mol. The fourth-order valence-electron chi connectivity index (χ4n) is 1.55. The molecule has 0 unspecified atom stereocenters. The quantitative estimate of drug-likeness (QED) is 0.653. The second kappa shape index (κ2) is 7.65. The van der Waals surface area contributed by atoms with Crippen LogP contribution in [-0.2, 0) is 17.5 Å². The number of halogens is 4. The van der Waals surface area contributed by atoms with Crippen LogP contribution in [0.25, 0.3) is 0 Å². The van der Waals surface area contributed by atoms with Gasteiger partial charge in [0.05, 0.1) is 5.75 Å². The van der Waals surface area contributed by atoms with Crippen molar-refractivity contribution in [1.82, 2.24) is 15.3 Å². The molecule has 1 amide bonds. The number of nitrogens with one attached hydrogen (secondary N) is 1. The zero-order valence-corrected chi connectivity index (χ0v) is 13.2. The molecule has 1 aromatic heterocycles. The summed E-state index contributed by atoms with van der Waals surface area (Å²) >= 11 is 6.59. The third kappa shape index (κ3) is 5.72. The van der Waals surface area contributed by atoms with Crippen LogP contribution in [0, 0.1) is 0 Å². The number of carbonyl (C=O) groups excluding carboxylic acids is 1. The second-order valence-electron chi connectivity index (χ2n) is 4.41. The van der Waals surface area contributed by atoms with E-state index in [4.69, 9.17) is 11.6 Å². The third-order valence-corrected chi connectivity index (χ3v) is 3.77. The third-order valence-electron chi connectivity index (χ3n) is 2.66. The number of hydrogen-bond donors (Lipinski definition) is 1. The van der Waals surface area contributed by atoms with Crippen molar-refractivity contribution in [3.05, 3.63) is 52.8 Å². The number of nitrogens with zero attached hydrogens (tertiary/aromatic N) is 2. The van der Waals surface area contributed by atoms with E-state index in [2.05, 4.69) is 15.3 Å². The lowest BCUT2D eigenvalue weighted by Gasteiger charge is -2.07. The van der Waals surface area contributed by atoms with Gasteiger partial charge in [-0.15, -0.1) is 0 Å². The summed E-state index contributed by atoms with van der Waals surface area (Å²) in [6.45, 7) is 0.306. The van der Waals surface area contributed by atoms with Crippen LogP contribution in [0.3, 0.4) is 0 Å². The lowest BCUT2D eigenvalue weighted by Crippen LogP contribution is -2.24. The average molecular weight is 362 g/mol. The summed E-state index contributed by atoms with van der Waals surface area (Å²) in [4.78, 5) is 18.8. The SMILES string of the molecule is O=C(CSc1nccc(C(F)(F)F)n1)NCc1ccc(Cl)cc1. The molecule has 0 fully saturated rings. The van der Waals surface area contributed by atoms with Crippen LogP contribution < -0.4 is 5.32 Å². The molecule has 1 aromatic carbocycles. The summed E-state index contributed by atoms with van der Waals surface area (Å²) in [6.07, 6.45) is -3.52. The number of aromatic nitrogens is 2. The van der Waals surface area contributed by atoms with Crippen LogP contribution in [-0.4, -0.2) is 21.6 Å². The molecule has 0 radical (unpaired) electrons. The Hall–Kier alpha value is -1.80. The van der Waals surface area contributed by atoms with Gasteiger partial charge in [-0.2, -0.15) is 13.2 Å². The Balaban J connectivity index is 1.83. The molecule has 2 rings (SSSR count). The Bertz CT molecular complexity index is 680. The first-order valence-corrected chi connectivity index (χ1v) is 7.75. The van der Waals surface area contributed by atoms with E-state index in [1.807, 2.05) is 0 Å². The molecule has 0 saturated carbocycles. The van der Waals surface area contributed by atoms with Gasteiger partial charge in [0.15, 0.2) is 5.16 Å². The Labute approximate surface area is 139 Å².